The summed E-state index contributed by atoms with van der Waals surface area (Å²) in [6.07, 6.45) is -14.7. The minimum absolute atomic E-state index is 0.157. The summed E-state index contributed by atoms with van der Waals surface area (Å²) in [5, 5.41) is 1.55. The van der Waals surface area contributed by atoms with E-state index < -0.39 is 66.2 Å². The van der Waals surface area contributed by atoms with Gasteiger partial charge in [-0.05, 0) is 12.1 Å². The molecule has 0 aliphatic carbocycles. The van der Waals surface area contributed by atoms with Crippen LogP contribution in [0.4, 0.5) is 59.6 Å². The number of hydrogen-bond acceptors (Lipinski definition) is 6. The van der Waals surface area contributed by atoms with E-state index in [2.05, 4.69) is 19.4 Å². The van der Waals surface area contributed by atoms with Crippen LogP contribution >= 0.6 is 11.3 Å². The molecule has 2 heterocycles. The first-order valence-corrected chi connectivity index (χ1v) is 8.96. The average molecular weight is 516 g/mol. The molecule has 2 aromatic rings. The first-order chi connectivity index (χ1) is 15.0. The molecule has 2 aromatic heterocycles. The maximum atomic E-state index is 14.1. The fourth-order valence-corrected chi connectivity index (χ4v) is 2.73. The summed E-state index contributed by atoms with van der Waals surface area (Å²) in [7, 11) is 0.993. The molecule has 0 aliphatic heterocycles. The van der Waals surface area contributed by atoms with Crippen LogP contribution in [0.1, 0.15) is 4.88 Å². The standard InChI is InChI=1S/C15H10F10N4O3S/c1-29(7-3-2-6(33-7)15(23,24)25)12(30)28-11-26-9(31-4-13(17,18)19)8(16)10(27-11)32-5-14(20,21)22/h2-3H,4-5H2,1H3,(H,26,27,28,30). The van der Waals surface area contributed by atoms with Crippen molar-refractivity contribution in [2.75, 3.05) is 30.5 Å². The first-order valence-electron chi connectivity index (χ1n) is 8.14. The van der Waals surface area contributed by atoms with Crippen molar-refractivity contribution in [1.82, 2.24) is 9.97 Å². The lowest BCUT2D eigenvalue weighted by molar-refractivity contribution is -0.155. The largest absolute Gasteiger partial charge is 0.466 e. The third-order valence-corrected chi connectivity index (χ3v) is 4.47. The predicted octanol–water partition coefficient (Wildman–Crippen LogP) is 5.25. The maximum Gasteiger partial charge on any atom is 0.425 e. The van der Waals surface area contributed by atoms with E-state index in [1.165, 1.54) is 0 Å². The minimum atomic E-state index is -4.98. The number of ether oxygens (including phenoxy) is 2. The Morgan fingerprint density at radius 3 is 1.85 bits per heavy atom. The van der Waals surface area contributed by atoms with Crippen molar-refractivity contribution >= 4 is 28.3 Å². The van der Waals surface area contributed by atoms with Crippen molar-refractivity contribution in [2.45, 2.75) is 18.5 Å². The number of carbonyl (C=O) groups is 1. The van der Waals surface area contributed by atoms with Crippen LogP contribution < -0.4 is 19.7 Å². The molecule has 0 saturated carbocycles. The molecular formula is C15H10F10N4O3S. The van der Waals surface area contributed by atoms with Gasteiger partial charge in [-0.15, -0.1) is 11.3 Å². The summed E-state index contributed by atoms with van der Waals surface area (Å²) in [5.74, 6) is -5.95. The van der Waals surface area contributed by atoms with Gasteiger partial charge in [-0.1, -0.05) is 0 Å². The topological polar surface area (TPSA) is 76.6 Å². The molecule has 0 aromatic carbocycles. The summed E-state index contributed by atoms with van der Waals surface area (Å²) in [4.78, 5) is 18.1. The van der Waals surface area contributed by atoms with Gasteiger partial charge in [-0.25, -0.2) is 4.79 Å². The fourth-order valence-electron chi connectivity index (χ4n) is 1.89. The SMILES string of the molecule is CN(C(=O)Nc1nc(OCC(F)(F)F)c(F)c(OCC(F)(F)F)n1)c1ccc(C(F)(F)F)s1. The van der Waals surface area contributed by atoms with E-state index in [0.717, 1.165) is 13.1 Å². The molecule has 0 fully saturated rings. The molecule has 2 amide bonds. The second kappa shape index (κ2) is 9.44. The molecule has 0 aliphatic rings. The van der Waals surface area contributed by atoms with Crippen LogP contribution in [0.5, 0.6) is 11.8 Å². The molecule has 18 heteroatoms. The Bertz CT molecular complexity index is 951. The van der Waals surface area contributed by atoms with Gasteiger partial charge in [0.25, 0.3) is 11.8 Å². The van der Waals surface area contributed by atoms with Crippen molar-refractivity contribution in [3.8, 4) is 11.8 Å². The highest BCUT2D eigenvalue weighted by atomic mass is 32.1. The zero-order valence-electron chi connectivity index (χ0n) is 15.8. The van der Waals surface area contributed by atoms with Gasteiger partial charge in [-0.3, -0.25) is 10.2 Å². The number of alkyl halides is 9. The van der Waals surface area contributed by atoms with Crippen LogP contribution in [0.15, 0.2) is 12.1 Å². The van der Waals surface area contributed by atoms with Crippen molar-refractivity contribution in [3.63, 3.8) is 0 Å². The lowest BCUT2D eigenvalue weighted by Gasteiger charge is -2.17. The van der Waals surface area contributed by atoms with Gasteiger partial charge >= 0.3 is 24.6 Å². The third kappa shape index (κ3) is 7.79. The fraction of sp³-hybridized carbons (Fsp3) is 0.400. The number of anilines is 2. The van der Waals surface area contributed by atoms with Gasteiger partial charge in [0.1, 0.15) is 4.88 Å². The first kappa shape index (κ1) is 26.2. The molecule has 0 saturated heterocycles. The highest BCUT2D eigenvalue weighted by Crippen LogP contribution is 2.38. The monoisotopic (exact) mass is 516 g/mol. The van der Waals surface area contributed by atoms with Crippen molar-refractivity contribution < 1.29 is 58.2 Å². The van der Waals surface area contributed by atoms with E-state index >= 15 is 0 Å². The number of rotatable bonds is 6. The lowest BCUT2D eigenvalue weighted by Crippen LogP contribution is -2.31. The molecule has 1 N–H and O–H groups in total. The number of halogens is 10. The summed E-state index contributed by atoms with van der Waals surface area (Å²) in [5.41, 5.74) is 0. The third-order valence-electron chi connectivity index (χ3n) is 3.26. The number of amides is 2. The number of nitrogens with zero attached hydrogens (tertiary/aromatic N) is 3. The molecule has 0 radical (unpaired) electrons. The number of thiophene rings is 1. The van der Waals surface area contributed by atoms with Crippen LogP contribution in [-0.4, -0.2) is 48.6 Å². The van der Waals surface area contributed by atoms with Crippen molar-refractivity contribution in [2.24, 2.45) is 0 Å². The van der Waals surface area contributed by atoms with Gasteiger partial charge in [0, 0.05) is 7.05 Å². The molecule has 184 valence electrons. The van der Waals surface area contributed by atoms with E-state index in [-0.39, 0.29) is 16.3 Å². The quantitative estimate of drug-likeness (QED) is 0.532. The Morgan fingerprint density at radius 2 is 1.45 bits per heavy atom. The van der Waals surface area contributed by atoms with Gasteiger partial charge in [-0.2, -0.15) is 53.9 Å². The van der Waals surface area contributed by atoms with E-state index in [4.69, 9.17) is 0 Å². The molecule has 0 bridgehead atoms. The van der Waals surface area contributed by atoms with Crippen LogP contribution in [-0.2, 0) is 6.18 Å². The van der Waals surface area contributed by atoms with Gasteiger partial charge < -0.3 is 9.47 Å². The van der Waals surface area contributed by atoms with Crippen LogP contribution in [0, 0.1) is 5.82 Å². The molecule has 0 unspecified atom stereocenters. The van der Waals surface area contributed by atoms with Crippen LogP contribution in [0.25, 0.3) is 0 Å². The zero-order chi connectivity index (χ0) is 25.2. The Hall–Kier alpha value is -3.05. The number of aromatic nitrogens is 2. The molecule has 7 nitrogen and oxygen atoms in total. The van der Waals surface area contributed by atoms with Crippen LogP contribution in [0.2, 0.25) is 0 Å². The van der Waals surface area contributed by atoms with Crippen molar-refractivity contribution in [3.05, 3.63) is 22.8 Å². The van der Waals surface area contributed by atoms with E-state index in [1.807, 2.05) is 0 Å². The maximum absolute atomic E-state index is 14.1. The Kier molecular flexibility index (Phi) is 7.49. The Balaban J connectivity index is 2.29. The number of urea groups is 1. The lowest BCUT2D eigenvalue weighted by atomic mass is 10.4. The average Bonchev–Trinajstić information content (AvgIpc) is 3.15. The Labute approximate surface area is 180 Å². The minimum Gasteiger partial charge on any atom is -0.466 e. The summed E-state index contributed by atoms with van der Waals surface area (Å²) in [6.45, 7) is -4.19. The second-order valence-electron chi connectivity index (χ2n) is 5.90. The highest BCUT2D eigenvalue weighted by Gasteiger charge is 2.34. The van der Waals surface area contributed by atoms with Crippen molar-refractivity contribution in [1.29, 1.82) is 0 Å². The molecule has 0 spiro atoms. The van der Waals surface area contributed by atoms with E-state index in [1.54, 1.807) is 5.32 Å². The Morgan fingerprint density at radius 1 is 0.970 bits per heavy atom. The predicted molar refractivity (Wildman–Crippen MR) is 91.8 cm³/mol. The van der Waals surface area contributed by atoms with E-state index in [9.17, 15) is 48.7 Å². The van der Waals surface area contributed by atoms with Gasteiger partial charge in [0.2, 0.25) is 11.8 Å². The second-order valence-corrected chi connectivity index (χ2v) is 6.97. The van der Waals surface area contributed by atoms with Gasteiger partial charge in [0.15, 0.2) is 13.2 Å². The summed E-state index contributed by atoms with van der Waals surface area (Å²) in [6, 6.07) is 0.333. The van der Waals surface area contributed by atoms with E-state index in [0.29, 0.717) is 11.0 Å². The molecule has 0 atom stereocenters. The number of carbonyl (C=O) groups excluding carboxylic acids is 1. The number of nitrogens with one attached hydrogen (secondary N) is 1. The van der Waals surface area contributed by atoms with Crippen LogP contribution in [0.3, 0.4) is 0 Å². The summed E-state index contributed by atoms with van der Waals surface area (Å²) >= 11 is 0.157. The zero-order valence-corrected chi connectivity index (χ0v) is 16.6. The molecule has 33 heavy (non-hydrogen) atoms. The molecule has 2 rings (SSSR count). The number of hydrogen-bond donors (Lipinski definition) is 1. The molecular weight excluding hydrogens is 506 g/mol. The van der Waals surface area contributed by atoms with Gasteiger partial charge in [0.05, 0.1) is 5.00 Å². The highest BCUT2D eigenvalue weighted by molar-refractivity contribution is 7.16. The smallest absolute Gasteiger partial charge is 0.425 e. The normalized spacial score (nSPS) is 12.5. The summed E-state index contributed by atoms with van der Waals surface area (Å²) < 4.78 is 134.